The number of anilines is 1. The van der Waals surface area contributed by atoms with Gasteiger partial charge in [-0.1, -0.05) is 0 Å². The number of ether oxygens (including phenoxy) is 1. The van der Waals surface area contributed by atoms with E-state index in [0.717, 1.165) is 18.8 Å². The average molecular weight is 305 g/mol. The molecule has 0 aromatic heterocycles. The Hall–Kier alpha value is -2.08. The fraction of sp³-hybridized carbons (Fsp3) is 0.500. The molecule has 0 spiro atoms. The number of nitrogens with two attached hydrogens (primary N) is 1. The first kappa shape index (κ1) is 16.3. The number of rotatable bonds is 7. The Kier molecular flexibility index (Phi) is 5.38. The lowest BCUT2D eigenvalue weighted by molar-refractivity contribution is 0.0941. The number of cyclic esters (lactones) is 1. The third-order valence-electron chi connectivity index (χ3n) is 3.86. The second kappa shape index (κ2) is 7.26. The monoisotopic (exact) mass is 305 g/mol. The van der Waals surface area contributed by atoms with Crippen LogP contribution in [0.3, 0.4) is 0 Å². The lowest BCUT2D eigenvalue weighted by Crippen LogP contribution is -2.32. The van der Waals surface area contributed by atoms with Crippen LogP contribution in [0.25, 0.3) is 0 Å². The Labute approximate surface area is 130 Å². The Morgan fingerprint density at radius 3 is 2.45 bits per heavy atom. The van der Waals surface area contributed by atoms with Crippen LogP contribution in [0.15, 0.2) is 24.3 Å². The van der Waals surface area contributed by atoms with Crippen LogP contribution in [-0.4, -0.2) is 55.6 Å². The summed E-state index contributed by atoms with van der Waals surface area (Å²) in [5, 5.41) is 0. The van der Waals surface area contributed by atoms with E-state index < -0.39 is 6.09 Å². The fourth-order valence-corrected chi connectivity index (χ4v) is 2.54. The van der Waals surface area contributed by atoms with Gasteiger partial charge in [-0.2, -0.15) is 0 Å². The smallest absolute Gasteiger partial charge is 0.410 e. The van der Waals surface area contributed by atoms with Crippen LogP contribution in [0.4, 0.5) is 10.5 Å². The Bertz CT molecular complexity index is 526. The van der Waals surface area contributed by atoms with Gasteiger partial charge in [-0.15, -0.1) is 0 Å². The summed E-state index contributed by atoms with van der Waals surface area (Å²) in [6.45, 7) is 6.70. The lowest BCUT2D eigenvalue weighted by Gasteiger charge is -2.21. The summed E-state index contributed by atoms with van der Waals surface area (Å²) < 4.78 is 5.04. The van der Waals surface area contributed by atoms with Crippen LogP contribution in [0.1, 0.15) is 24.2 Å². The van der Waals surface area contributed by atoms with Crippen molar-refractivity contribution in [2.45, 2.75) is 20.0 Å². The molecule has 0 radical (unpaired) electrons. The predicted molar refractivity (Wildman–Crippen MR) is 85.2 cm³/mol. The molecule has 1 saturated heterocycles. The van der Waals surface area contributed by atoms with Crippen LogP contribution in [0, 0.1) is 0 Å². The zero-order valence-electron chi connectivity index (χ0n) is 13.1. The van der Waals surface area contributed by atoms with Crippen LogP contribution < -0.4 is 10.6 Å². The van der Waals surface area contributed by atoms with Crippen molar-refractivity contribution in [1.82, 2.24) is 4.90 Å². The minimum absolute atomic E-state index is 0.0277. The van der Waals surface area contributed by atoms with Crippen LogP contribution >= 0.6 is 0 Å². The second-order valence-corrected chi connectivity index (χ2v) is 5.26. The summed E-state index contributed by atoms with van der Waals surface area (Å²) in [7, 11) is 0. The van der Waals surface area contributed by atoms with Gasteiger partial charge >= 0.3 is 6.09 Å². The number of amides is 1. The number of nitrogens with zero attached hydrogens (tertiary/aromatic N) is 2. The van der Waals surface area contributed by atoms with Crippen molar-refractivity contribution < 1.29 is 14.3 Å². The first-order chi connectivity index (χ1) is 10.6. The van der Waals surface area contributed by atoms with Crippen molar-refractivity contribution in [2.75, 3.05) is 37.6 Å². The summed E-state index contributed by atoms with van der Waals surface area (Å²) in [5.74, 6) is -0.0966. The van der Waals surface area contributed by atoms with Gasteiger partial charge in [-0.05, 0) is 38.1 Å². The highest BCUT2D eigenvalue weighted by Gasteiger charge is 2.31. The van der Waals surface area contributed by atoms with Gasteiger partial charge in [0.05, 0.1) is 13.1 Å². The molecule has 1 fully saturated rings. The van der Waals surface area contributed by atoms with Gasteiger partial charge in [0.2, 0.25) is 0 Å². The second-order valence-electron chi connectivity index (χ2n) is 5.26. The van der Waals surface area contributed by atoms with Crippen molar-refractivity contribution >= 4 is 17.6 Å². The maximum absolute atomic E-state index is 12.3. The number of hydrogen-bond acceptors (Lipinski definition) is 5. The van der Waals surface area contributed by atoms with Gasteiger partial charge in [0.15, 0.2) is 5.78 Å². The van der Waals surface area contributed by atoms with E-state index in [2.05, 4.69) is 18.7 Å². The molecule has 1 heterocycles. The van der Waals surface area contributed by atoms with E-state index in [1.807, 2.05) is 12.1 Å². The quantitative estimate of drug-likeness (QED) is 0.773. The highest BCUT2D eigenvalue weighted by Crippen LogP contribution is 2.16. The zero-order chi connectivity index (χ0) is 16.1. The maximum Gasteiger partial charge on any atom is 0.410 e. The molecule has 1 amide bonds. The van der Waals surface area contributed by atoms with E-state index in [0.29, 0.717) is 12.1 Å². The first-order valence-electron chi connectivity index (χ1n) is 7.62. The van der Waals surface area contributed by atoms with Gasteiger partial charge in [-0.3, -0.25) is 9.69 Å². The van der Waals surface area contributed by atoms with E-state index in [-0.39, 0.29) is 25.0 Å². The Morgan fingerprint density at radius 2 is 1.95 bits per heavy atom. The van der Waals surface area contributed by atoms with Crippen molar-refractivity contribution in [3.63, 3.8) is 0 Å². The number of carbonyl (C=O) groups excluding carboxylic acids is 2. The molecule has 1 unspecified atom stereocenters. The summed E-state index contributed by atoms with van der Waals surface area (Å²) in [6.07, 6.45) is -0.783. The zero-order valence-corrected chi connectivity index (χ0v) is 13.1. The number of hydrogen-bond donors (Lipinski definition) is 1. The molecule has 6 heteroatoms. The Morgan fingerprint density at radius 1 is 1.32 bits per heavy atom. The molecule has 1 aromatic rings. The van der Waals surface area contributed by atoms with Gasteiger partial charge in [-0.25, -0.2) is 4.79 Å². The van der Waals surface area contributed by atoms with Gasteiger partial charge in [0, 0.05) is 30.9 Å². The van der Waals surface area contributed by atoms with E-state index in [1.165, 1.54) is 4.90 Å². The fourth-order valence-electron chi connectivity index (χ4n) is 2.54. The third kappa shape index (κ3) is 3.57. The van der Waals surface area contributed by atoms with E-state index >= 15 is 0 Å². The van der Waals surface area contributed by atoms with Crippen LogP contribution in [0.5, 0.6) is 0 Å². The number of carbonyl (C=O) groups is 2. The highest BCUT2D eigenvalue weighted by molar-refractivity contribution is 5.99. The van der Waals surface area contributed by atoms with E-state index in [9.17, 15) is 9.59 Å². The molecule has 1 aromatic carbocycles. The summed E-state index contributed by atoms with van der Waals surface area (Å²) >= 11 is 0. The number of benzene rings is 1. The third-order valence-corrected chi connectivity index (χ3v) is 3.86. The van der Waals surface area contributed by atoms with Gasteiger partial charge < -0.3 is 15.4 Å². The first-order valence-corrected chi connectivity index (χ1v) is 7.62. The lowest BCUT2D eigenvalue weighted by atomic mass is 10.1. The van der Waals surface area contributed by atoms with E-state index in [1.54, 1.807) is 12.1 Å². The summed E-state index contributed by atoms with van der Waals surface area (Å²) in [6, 6.07) is 7.48. The minimum Gasteiger partial charge on any atom is -0.443 e. The van der Waals surface area contributed by atoms with Crippen molar-refractivity contribution in [3.05, 3.63) is 29.8 Å². The number of ketones is 1. The Balaban J connectivity index is 2.00. The molecule has 6 nitrogen and oxygen atoms in total. The maximum atomic E-state index is 12.3. The van der Waals surface area contributed by atoms with Crippen molar-refractivity contribution in [1.29, 1.82) is 0 Å². The van der Waals surface area contributed by atoms with Gasteiger partial charge in [0.25, 0.3) is 0 Å². The average Bonchev–Trinajstić information content (AvgIpc) is 2.89. The normalized spacial score (nSPS) is 17.5. The molecular formula is C16H23N3O3. The molecule has 0 aliphatic carbocycles. The summed E-state index contributed by atoms with van der Waals surface area (Å²) in [5.41, 5.74) is 7.16. The van der Waals surface area contributed by atoms with Crippen molar-refractivity contribution in [2.24, 2.45) is 5.73 Å². The van der Waals surface area contributed by atoms with E-state index in [4.69, 9.17) is 10.5 Å². The predicted octanol–water partition coefficient (Wildman–Crippen LogP) is 1.49. The molecule has 1 atom stereocenters. The van der Waals surface area contributed by atoms with Crippen molar-refractivity contribution in [3.8, 4) is 0 Å². The SMILES string of the molecule is CCN(CC)c1ccc(C(=O)CN2CC(CN)OC2=O)cc1. The largest absolute Gasteiger partial charge is 0.443 e. The molecule has 2 N–H and O–H groups in total. The highest BCUT2D eigenvalue weighted by atomic mass is 16.6. The van der Waals surface area contributed by atoms with Crippen LogP contribution in [0.2, 0.25) is 0 Å². The molecular weight excluding hydrogens is 282 g/mol. The number of Topliss-reactive ketones (excluding diaryl/α,β-unsaturated/α-hetero) is 1. The molecule has 0 bridgehead atoms. The molecule has 2 rings (SSSR count). The summed E-state index contributed by atoms with van der Waals surface area (Å²) in [4.78, 5) is 27.5. The van der Waals surface area contributed by atoms with Gasteiger partial charge in [0.1, 0.15) is 6.10 Å². The standard InChI is InChI=1S/C16H23N3O3/c1-3-18(4-2)13-7-5-12(6-8-13)15(20)11-19-10-14(9-17)22-16(19)21/h5-8,14H,3-4,9-11,17H2,1-2H3. The molecule has 120 valence electrons. The topological polar surface area (TPSA) is 75.9 Å². The minimum atomic E-state index is -0.469. The molecule has 22 heavy (non-hydrogen) atoms. The molecule has 1 aliphatic heterocycles. The molecule has 1 aliphatic rings. The molecule has 0 saturated carbocycles. The van der Waals surface area contributed by atoms with Crippen LogP contribution in [-0.2, 0) is 4.74 Å².